The maximum atomic E-state index is 0. The molecule has 0 rings (SSSR count). The van der Waals surface area contributed by atoms with Crippen LogP contribution < -0.4 is 0 Å². The Labute approximate surface area is 42.2 Å². The van der Waals surface area contributed by atoms with Gasteiger partial charge in [0.25, 0.3) is 0 Å². The SMILES string of the molecule is B.O.O.[SiH4].[SiH4]. The van der Waals surface area contributed by atoms with Crippen molar-refractivity contribution in [1.82, 2.24) is 0 Å². The van der Waals surface area contributed by atoms with Crippen molar-refractivity contribution in [3.63, 3.8) is 0 Å². The van der Waals surface area contributed by atoms with E-state index in [4.69, 9.17) is 0 Å². The van der Waals surface area contributed by atoms with Crippen molar-refractivity contribution in [2.75, 3.05) is 0 Å². The van der Waals surface area contributed by atoms with Crippen molar-refractivity contribution in [3.05, 3.63) is 0 Å². The van der Waals surface area contributed by atoms with Crippen molar-refractivity contribution in [1.29, 1.82) is 0 Å². The Morgan fingerprint density at radius 2 is 0.600 bits per heavy atom. The van der Waals surface area contributed by atoms with Gasteiger partial charge in [0.1, 0.15) is 0 Å². The smallest absolute Gasteiger partial charge is 0.0814 e. The standard InChI is InChI=1S/BH3.2H2O.2H4Si/h1H3;2*1H2;2*1H4. The summed E-state index contributed by atoms with van der Waals surface area (Å²) in [6, 6.07) is 0. The number of hydrogen-bond donors (Lipinski definition) is 0. The number of rotatable bonds is 0. The third-order valence-electron chi connectivity index (χ3n) is 0. The Kier molecular flexibility index (Phi) is 35600. The summed E-state index contributed by atoms with van der Waals surface area (Å²) in [6.07, 6.45) is 0. The molecule has 5 heteroatoms. The molecule has 5 heavy (non-hydrogen) atoms. The van der Waals surface area contributed by atoms with Gasteiger partial charge in [-0.2, -0.15) is 0 Å². The zero-order valence-electron chi connectivity index (χ0n) is 1.00. The summed E-state index contributed by atoms with van der Waals surface area (Å²) in [6.45, 7) is 0. The van der Waals surface area contributed by atoms with Crippen molar-refractivity contribution >= 4 is 30.3 Å². The monoisotopic (exact) mass is 114 g/mol. The van der Waals surface area contributed by atoms with Gasteiger partial charge in [-0.3, -0.25) is 0 Å². The molecule has 0 radical (unpaired) electrons. The van der Waals surface area contributed by atoms with E-state index in [9.17, 15) is 0 Å². The Morgan fingerprint density at radius 1 is 0.600 bits per heavy atom. The lowest BCUT2D eigenvalue weighted by atomic mass is 10.8. The molecule has 0 amide bonds. The average Bonchev–Trinajstić information content (AvgIpc) is 0. The van der Waals surface area contributed by atoms with E-state index in [1.54, 1.807) is 0 Å². The van der Waals surface area contributed by atoms with Crippen LogP contribution in [-0.2, 0) is 0 Å². The predicted octanol–water partition coefficient (Wildman–Crippen LogP) is -5.74. The van der Waals surface area contributed by atoms with Crippen LogP contribution in [0.3, 0.4) is 0 Å². The number of hydrogen-bond acceptors (Lipinski definition) is 0. The molecule has 0 aliphatic heterocycles. The van der Waals surface area contributed by atoms with Gasteiger partial charge >= 0.3 is 0 Å². The van der Waals surface area contributed by atoms with Gasteiger partial charge in [-0.25, -0.2) is 0 Å². The lowest BCUT2D eigenvalue weighted by molar-refractivity contribution is 0.823. The molecular weight excluding hydrogens is 99.0 g/mol. The van der Waals surface area contributed by atoms with Crippen LogP contribution in [0.1, 0.15) is 0 Å². The van der Waals surface area contributed by atoms with E-state index in [-0.39, 0.29) is 41.3 Å². The normalized spacial score (nSPS) is 0. The van der Waals surface area contributed by atoms with E-state index in [2.05, 4.69) is 0 Å². The molecule has 38 valence electrons. The molecule has 0 unspecified atom stereocenters. The molecule has 0 aromatic heterocycles. The molecule has 0 aromatic rings. The largest absolute Gasteiger partial charge is 0.412 e. The minimum absolute atomic E-state index is 0. The second kappa shape index (κ2) is 295. The molecule has 0 saturated carbocycles. The van der Waals surface area contributed by atoms with E-state index in [1.807, 2.05) is 0 Å². The molecule has 0 heterocycles. The molecule has 0 bridgehead atoms. The second-order valence-corrected chi connectivity index (χ2v) is 0. The first-order valence-corrected chi connectivity index (χ1v) is 0. The maximum Gasteiger partial charge on any atom is 0.0814 e. The van der Waals surface area contributed by atoms with Crippen LogP contribution in [-0.4, -0.2) is 41.3 Å². The molecule has 0 fully saturated rings. The highest BCUT2D eigenvalue weighted by molar-refractivity contribution is 5.76. The lowest BCUT2D eigenvalue weighted by Crippen LogP contribution is -0.382. The lowest BCUT2D eigenvalue weighted by Gasteiger charge is -0.413. The summed E-state index contributed by atoms with van der Waals surface area (Å²) in [5.74, 6) is 0. The Bertz CT molecular complexity index is 7.61. The highest BCUT2D eigenvalue weighted by Crippen LogP contribution is -0.288. The molecule has 0 saturated heterocycles. The van der Waals surface area contributed by atoms with Crippen LogP contribution in [0.5, 0.6) is 0 Å². The molecule has 2 nitrogen and oxygen atoms in total. The van der Waals surface area contributed by atoms with Crippen molar-refractivity contribution in [2.45, 2.75) is 0 Å². The van der Waals surface area contributed by atoms with Gasteiger partial charge < -0.3 is 11.0 Å². The minimum atomic E-state index is 0. The molecule has 0 aliphatic carbocycles. The maximum absolute atomic E-state index is 0. The summed E-state index contributed by atoms with van der Waals surface area (Å²) in [7, 11) is 0. The third-order valence-corrected chi connectivity index (χ3v) is 0. The average molecular weight is 114 g/mol. The van der Waals surface area contributed by atoms with Gasteiger partial charge in [0.05, 0.1) is 8.41 Å². The Morgan fingerprint density at radius 3 is 0.600 bits per heavy atom. The highest BCUT2D eigenvalue weighted by atomic mass is 28.1. The van der Waals surface area contributed by atoms with E-state index in [0.717, 1.165) is 0 Å². The Hall–Kier alpha value is 0.419. The van der Waals surface area contributed by atoms with Crippen LogP contribution >= 0.6 is 0 Å². The molecule has 0 spiro atoms. The van der Waals surface area contributed by atoms with E-state index in [1.165, 1.54) is 0 Å². The van der Waals surface area contributed by atoms with Gasteiger partial charge in [-0.1, -0.05) is 0 Å². The van der Waals surface area contributed by atoms with E-state index in [0.29, 0.717) is 0 Å². The van der Waals surface area contributed by atoms with Crippen LogP contribution in [0.4, 0.5) is 0 Å². The fourth-order valence-corrected chi connectivity index (χ4v) is 0. The summed E-state index contributed by atoms with van der Waals surface area (Å²) < 4.78 is 0. The fraction of sp³-hybridized carbons (Fsp3) is 0. The summed E-state index contributed by atoms with van der Waals surface area (Å²) >= 11 is 0. The minimum Gasteiger partial charge on any atom is -0.412 e. The topological polar surface area (TPSA) is 63.0 Å². The first-order chi connectivity index (χ1) is 0. The van der Waals surface area contributed by atoms with Crippen LogP contribution in [0.15, 0.2) is 0 Å². The van der Waals surface area contributed by atoms with Crippen molar-refractivity contribution < 1.29 is 11.0 Å². The second-order valence-electron chi connectivity index (χ2n) is 0. The van der Waals surface area contributed by atoms with Crippen LogP contribution in [0, 0.1) is 0 Å². The van der Waals surface area contributed by atoms with Gasteiger partial charge in [-0.15, -0.1) is 0 Å². The Balaban J connectivity index is 0. The quantitative estimate of drug-likeness (QED) is 0.282. The van der Waals surface area contributed by atoms with E-state index >= 15 is 0 Å². The first kappa shape index (κ1) is 603. The molecule has 4 N–H and O–H groups in total. The zero-order chi connectivity index (χ0) is 0. The first-order valence-electron chi connectivity index (χ1n) is 0. The summed E-state index contributed by atoms with van der Waals surface area (Å²) in [5, 5.41) is 0. The zero-order valence-corrected chi connectivity index (χ0v) is 1.00. The predicted molar refractivity (Wildman–Crippen MR) is 39.8 cm³/mol. The third kappa shape index (κ3) is 147. The summed E-state index contributed by atoms with van der Waals surface area (Å²) in [5.41, 5.74) is 0. The summed E-state index contributed by atoms with van der Waals surface area (Å²) in [4.78, 5) is 0. The van der Waals surface area contributed by atoms with Gasteiger partial charge in [-0.05, 0) is 21.9 Å². The van der Waals surface area contributed by atoms with Gasteiger partial charge in [0, 0.05) is 0 Å². The van der Waals surface area contributed by atoms with Crippen LogP contribution in [0.25, 0.3) is 0 Å². The highest BCUT2D eigenvalue weighted by Gasteiger charge is 0.0814. The van der Waals surface area contributed by atoms with Crippen molar-refractivity contribution in [3.8, 4) is 0 Å². The molecule has 0 aliphatic rings. The van der Waals surface area contributed by atoms with Crippen LogP contribution in [0.2, 0.25) is 0 Å². The molecule has 0 aromatic carbocycles. The fourth-order valence-electron chi connectivity index (χ4n) is 0. The van der Waals surface area contributed by atoms with Gasteiger partial charge in [0.15, 0.2) is 0 Å². The van der Waals surface area contributed by atoms with Crippen molar-refractivity contribution in [2.24, 2.45) is 0 Å². The molecule has 0 atom stereocenters. The molecular formula is H15BO2Si2. The van der Waals surface area contributed by atoms with E-state index < -0.39 is 0 Å². The van der Waals surface area contributed by atoms with Gasteiger partial charge in [0.2, 0.25) is 0 Å².